The number of hydrogen-bond donors (Lipinski definition) is 0. The molecule has 0 unspecified atom stereocenters. The zero-order valence-electron chi connectivity index (χ0n) is 16.1. The molecule has 1 amide bonds. The maximum absolute atomic E-state index is 13.6. The van der Waals surface area contributed by atoms with E-state index in [0.29, 0.717) is 28.0 Å². The predicted molar refractivity (Wildman–Crippen MR) is 111 cm³/mol. The molecule has 1 spiro atoms. The van der Waals surface area contributed by atoms with E-state index in [2.05, 4.69) is 0 Å². The first kappa shape index (κ1) is 17.1. The molecule has 3 heterocycles. The molecule has 0 aliphatic carbocycles. The van der Waals surface area contributed by atoms with Crippen molar-refractivity contribution in [3.63, 3.8) is 0 Å². The second-order valence-corrected chi connectivity index (χ2v) is 7.58. The average molecular weight is 395 g/mol. The van der Waals surface area contributed by atoms with Gasteiger partial charge in [0.1, 0.15) is 6.10 Å². The van der Waals surface area contributed by atoms with Crippen LogP contribution < -0.4 is 5.56 Å². The van der Waals surface area contributed by atoms with E-state index in [4.69, 9.17) is 9.72 Å². The number of carbonyl (C=O) groups excluding carboxylic acids is 1. The van der Waals surface area contributed by atoms with Crippen LogP contribution in [0, 0.1) is 0 Å². The van der Waals surface area contributed by atoms with Gasteiger partial charge in [0.05, 0.1) is 22.2 Å². The first-order valence-electron chi connectivity index (χ1n) is 9.75. The van der Waals surface area contributed by atoms with Gasteiger partial charge in [0.25, 0.3) is 11.5 Å². The maximum Gasteiger partial charge on any atom is 0.266 e. The maximum atomic E-state index is 13.6. The standard InChI is InChI=1S/C24H17N3O3/c1-26-21(28)17-12-6-8-14-19(17)27-22(29)16-11-5-7-13-18(16)25-23(27)24(26)20(30-24)15-9-3-2-4-10-15/h2-14,20H,1H3/t20-,24+/m1/s1. The van der Waals surface area contributed by atoms with Crippen LogP contribution in [0.15, 0.2) is 83.7 Å². The first-order valence-corrected chi connectivity index (χ1v) is 9.75. The number of likely N-dealkylation sites (N-methyl/N-ethyl adjacent to an activating group) is 1. The Morgan fingerprint density at radius 3 is 2.43 bits per heavy atom. The molecule has 1 saturated heterocycles. The Bertz CT molecular complexity index is 1400. The highest BCUT2D eigenvalue weighted by Gasteiger charge is 2.67. The van der Waals surface area contributed by atoms with E-state index in [1.54, 1.807) is 40.8 Å². The molecule has 1 fully saturated rings. The van der Waals surface area contributed by atoms with Gasteiger partial charge in [0.15, 0.2) is 5.82 Å². The van der Waals surface area contributed by atoms with Gasteiger partial charge in [0, 0.05) is 7.05 Å². The summed E-state index contributed by atoms with van der Waals surface area (Å²) in [4.78, 5) is 33.5. The Hall–Kier alpha value is -3.77. The van der Waals surface area contributed by atoms with Crippen molar-refractivity contribution in [2.75, 3.05) is 7.05 Å². The minimum Gasteiger partial charge on any atom is -0.332 e. The van der Waals surface area contributed by atoms with E-state index < -0.39 is 11.8 Å². The minimum absolute atomic E-state index is 0.210. The molecule has 0 radical (unpaired) electrons. The van der Waals surface area contributed by atoms with Crippen LogP contribution in [0.5, 0.6) is 0 Å². The van der Waals surface area contributed by atoms with Crippen LogP contribution in [0.2, 0.25) is 0 Å². The van der Waals surface area contributed by atoms with Gasteiger partial charge in [-0.15, -0.1) is 0 Å². The Labute approximate surface area is 172 Å². The van der Waals surface area contributed by atoms with E-state index in [9.17, 15) is 9.59 Å². The molecule has 0 bridgehead atoms. The largest absolute Gasteiger partial charge is 0.332 e. The van der Waals surface area contributed by atoms with Gasteiger partial charge in [0.2, 0.25) is 5.72 Å². The van der Waals surface area contributed by atoms with Crippen molar-refractivity contribution in [1.82, 2.24) is 14.5 Å². The first-order chi connectivity index (χ1) is 14.6. The summed E-state index contributed by atoms with van der Waals surface area (Å²) in [5.74, 6) is 0.207. The Kier molecular flexibility index (Phi) is 3.35. The number of hydrogen-bond acceptors (Lipinski definition) is 4. The summed E-state index contributed by atoms with van der Waals surface area (Å²) < 4.78 is 7.78. The van der Waals surface area contributed by atoms with Crippen LogP contribution in [-0.2, 0) is 10.5 Å². The lowest BCUT2D eigenvalue weighted by Crippen LogP contribution is -2.40. The van der Waals surface area contributed by atoms with E-state index in [-0.39, 0.29) is 11.5 Å². The molecule has 146 valence electrons. The average Bonchev–Trinajstić information content (AvgIpc) is 3.56. The molecule has 1 aromatic heterocycles. The molecular weight excluding hydrogens is 378 g/mol. The molecule has 2 atom stereocenters. The van der Waals surface area contributed by atoms with E-state index in [0.717, 1.165) is 5.56 Å². The van der Waals surface area contributed by atoms with Crippen molar-refractivity contribution in [3.8, 4) is 5.69 Å². The summed E-state index contributed by atoms with van der Waals surface area (Å²) in [6.07, 6.45) is -0.415. The molecule has 6 rings (SSSR count). The van der Waals surface area contributed by atoms with Gasteiger partial charge >= 0.3 is 0 Å². The zero-order valence-corrected chi connectivity index (χ0v) is 16.1. The summed E-state index contributed by atoms with van der Waals surface area (Å²) >= 11 is 0. The normalized spacial score (nSPS) is 22.0. The third-order valence-electron chi connectivity index (χ3n) is 5.97. The molecule has 6 nitrogen and oxygen atoms in total. The topological polar surface area (TPSA) is 67.7 Å². The number of para-hydroxylation sites is 2. The summed E-state index contributed by atoms with van der Waals surface area (Å²) in [7, 11) is 1.71. The fraction of sp³-hybridized carbons (Fsp3) is 0.125. The summed E-state index contributed by atoms with van der Waals surface area (Å²) in [6.45, 7) is 0. The lowest BCUT2D eigenvalue weighted by Gasteiger charge is -2.24. The summed E-state index contributed by atoms with van der Waals surface area (Å²) in [6, 6.07) is 24.1. The van der Waals surface area contributed by atoms with Crippen LogP contribution in [0.3, 0.4) is 0 Å². The van der Waals surface area contributed by atoms with Gasteiger partial charge in [-0.2, -0.15) is 0 Å². The summed E-state index contributed by atoms with van der Waals surface area (Å²) in [5.41, 5.74) is 1.10. The fourth-order valence-electron chi connectivity index (χ4n) is 4.42. The van der Waals surface area contributed by atoms with Crippen molar-refractivity contribution in [2.24, 2.45) is 0 Å². The lowest BCUT2D eigenvalue weighted by molar-refractivity contribution is 0.0516. The van der Waals surface area contributed by atoms with E-state index in [1.807, 2.05) is 54.6 Å². The molecule has 2 aliphatic rings. The number of fused-ring (bicyclic) bond motifs is 5. The SMILES string of the molecule is CN1C(=O)c2ccccc2-n2c(nc3ccccc3c2=O)[C@]12O[C@@H]2c1ccccc1. The Balaban J connectivity index is 1.73. The number of amides is 1. The molecule has 0 N–H and O–H groups in total. The fourth-order valence-corrected chi connectivity index (χ4v) is 4.42. The quantitative estimate of drug-likeness (QED) is 0.463. The van der Waals surface area contributed by atoms with E-state index >= 15 is 0 Å². The van der Waals surface area contributed by atoms with E-state index in [1.165, 1.54) is 0 Å². The van der Waals surface area contributed by atoms with Crippen LogP contribution >= 0.6 is 0 Å². The molecule has 2 aliphatic heterocycles. The highest BCUT2D eigenvalue weighted by Crippen LogP contribution is 2.59. The van der Waals surface area contributed by atoms with Crippen LogP contribution in [0.1, 0.15) is 27.8 Å². The second kappa shape index (κ2) is 5.87. The molecule has 6 heteroatoms. The van der Waals surface area contributed by atoms with Crippen molar-refractivity contribution < 1.29 is 9.53 Å². The molecule has 0 saturated carbocycles. The number of benzene rings is 3. The van der Waals surface area contributed by atoms with Gasteiger partial charge in [-0.05, 0) is 29.8 Å². The lowest BCUT2D eigenvalue weighted by atomic mass is 10.0. The van der Waals surface area contributed by atoms with Gasteiger partial charge in [-0.3, -0.25) is 14.2 Å². The van der Waals surface area contributed by atoms with Crippen molar-refractivity contribution >= 4 is 16.8 Å². The van der Waals surface area contributed by atoms with Gasteiger partial charge < -0.3 is 9.64 Å². The molecule has 30 heavy (non-hydrogen) atoms. The highest BCUT2D eigenvalue weighted by atomic mass is 16.6. The molecule has 3 aromatic carbocycles. The van der Waals surface area contributed by atoms with Crippen molar-refractivity contribution in [3.05, 3.63) is 106 Å². The Morgan fingerprint density at radius 2 is 1.60 bits per heavy atom. The monoisotopic (exact) mass is 395 g/mol. The predicted octanol–water partition coefficient (Wildman–Crippen LogP) is 3.40. The van der Waals surface area contributed by atoms with Crippen molar-refractivity contribution in [2.45, 2.75) is 11.8 Å². The second-order valence-electron chi connectivity index (χ2n) is 7.58. The minimum atomic E-state index is -1.15. The number of ether oxygens (including phenoxy) is 1. The summed E-state index contributed by atoms with van der Waals surface area (Å²) in [5, 5.41) is 0.500. The molecular formula is C24H17N3O3. The smallest absolute Gasteiger partial charge is 0.266 e. The number of aromatic nitrogens is 2. The number of epoxide rings is 1. The zero-order chi connectivity index (χ0) is 20.5. The molecule has 4 aromatic rings. The number of carbonyl (C=O) groups is 1. The van der Waals surface area contributed by atoms with Crippen LogP contribution in [0.25, 0.3) is 16.6 Å². The number of nitrogens with zero attached hydrogens (tertiary/aromatic N) is 3. The van der Waals surface area contributed by atoms with Crippen LogP contribution in [0.4, 0.5) is 0 Å². The van der Waals surface area contributed by atoms with Gasteiger partial charge in [-0.25, -0.2) is 4.98 Å². The number of rotatable bonds is 1. The van der Waals surface area contributed by atoms with Gasteiger partial charge in [-0.1, -0.05) is 54.6 Å². The highest BCUT2D eigenvalue weighted by molar-refractivity contribution is 5.99. The Morgan fingerprint density at radius 1 is 0.900 bits per heavy atom. The van der Waals surface area contributed by atoms with Crippen LogP contribution in [-0.4, -0.2) is 27.4 Å². The van der Waals surface area contributed by atoms with Crippen molar-refractivity contribution in [1.29, 1.82) is 0 Å². The third kappa shape index (κ3) is 2.08. The third-order valence-corrected chi connectivity index (χ3v) is 5.97.